The number of carbonyl (C=O) groups excluding carboxylic acids is 1. The Labute approximate surface area is 173 Å². The minimum Gasteiger partial charge on any atom is -0.408 e. The number of fused-ring (bicyclic) bond motifs is 1. The maximum Gasteiger partial charge on any atom is 0.420 e. The number of para-hydroxylation sites is 2. The number of carbonyl (C=O) groups is 1. The van der Waals surface area contributed by atoms with E-state index in [1.165, 1.54) is 4.57 Å². The highest BCUT2D eigenvalue weighted by Crippen LogP contribution is 2.30. The molecule has 3 heterocycles. The van der Waals surface area contributed by atoms with Crippen LogP contribution in [-0.2, 0) is 26.6 Å². The summed E-state index contributed by atoms with van der Waals surface area (Å²) >= 11 is 0. The number of hydrogen-bond acceptors (Lipinski definition) is 6. The van der Waals surface area contributed by atoms with Crippen LogP contribution in [-0.4, -0.2) is 40.2 Å². The fraction of sp³-hybridized carbons (Fsp3) is 0.450. The third-order valence-corrected chi connectivity index (χ3v) is 6.95. The quantitative estimate of drug-likeness (QED) is 0.675. The van der Waals surface area contributed by atoms with Gasteiger partial charge in [-0.3, -0.25) is 9.36 Å². The van der Waals surface area contributed by atoms with E-state index in [9.17, 15) is 18.0 Å². The van der Waals surface area contributed by atoms with Crippen molar-refractivity contribution in [2.45, 2.75) is 45.2 Å². The molecule has 160 valence electrons. The summed E-state index contributed by atoms with van der Waals surface area (Å²) in [7, 11) is -3.12. The predicted molar refractivity (Wildman–Crippen MR) is 112 cm³/mol. The van der Waals surface area contributed by atoms with Crippen molar-refractivity contribution in [3.63, 3.8) is 0 Å². The Bertz CT molecular complexity index is 1280. The number of hydrogen-bond donors (Lipinski definition) is 1. The number of amides is 1. The number of anilines is 1. The van der Waals surface area contributed by atoms with E-state index < -0.39 is 21.5 Å². The third kappa shape index (κ3) is 3.91. The first-order valence-corrected chi connectivity index (χ1v) is 11.5. The average Bonchev–Trinajstić information content (AvgIpc) is 3.31. The maximum atomic E-state index is 12.8. The number of aromatic nitrogens is 3. The summed E-state index contributed by atoms with van der Waals surface area (Å²) in [5.74, 6) is -0.518. The zero-order valence-corrected chi connectivity index (χ0v) is 17.9. The lowest BCUT2D eigenvalue weighted by atomic mass is 9.92. The molecule has 30 heavy (non-hydrogen) atoms. The second kappa shape index (κ2) is 7.12. The molecule has 0 radical (unpaired) electrons. The molecule has 4 rings (SSSR count). The second-order valence-electron chi connectivity index (χ2n) is 8.64. The van der Waals surface area contributed by atoms with Gasteiger partial charge in [0, 0.05) is 11.5 Å². The van der Waals surface area contributed by atoms with Crippen molar-refractivity contribution in [3.8, 4) is 0 Å². The van der Waals surface area contributed by atoms with Gasteiger partial charge in [0.15, 0.2) is 15.4 Å². The molecular formula is C20H24N4O5S. The smallest absolute Gasteiger partial charge is 0.408 e. The summed E-state index contributed by atoms with van der Waals surface area (Å²) < 4.78 is 31.9. The van der Waals surface area contributed by atoms with Gasteiger partial charge in [0.25, 0.3) is 0 Å². The largest absolute Gasteiger partial charge is 0.420 e. The second-order valence-corrected chi connectivity index (χ2v) is 10.9. The summed E-state index contributed by atoms with van der Waals surface area (Å²) in [5, 5.41) is 7.40. The Kier molecular flexibility index (Phi) is 4.84. The van der Waals surface area contributed by atoms with Crippen molar-refractivity contribution in [1.29, 1.82) is 0 Å². The zero-order valence-electron chi connectivity index (χ0n) is 17.1. The minimum atomic E-state index is -3.12. The van der Waals surface area contributed by atoms with E-state index in [0.717, 1.165) is 5.69 Å². The van der Waals surface area contributed by atoms with Crippen molar-refractivity contribution in [2.24, 2.45) is 0 Å². The monoisotopic (exact) mass is 432 g/mol. The van der Waals surface area contributed by atoms with E-state index in [-0.39, 0.29) is 29.5 Å². The summed E-state index contributed by atoms with van der Waals surface area (Å²) in [5.41, 5.74) is 1.41. The molecule has 0 spiro atoms. The molecule has 3 aromatic rings. The molecule has 1 N–H and O–H groups in total. The van der Waals surface area contributed by atoms with Gasteiger partial charge in [-0.15, -0.1) is 0 Å². The fourth-order valence-electron chi connectivity index (χ4n) is 3.59. The normalized spacial score (nSPS) is 18.7. The van der Waals surface area contributed by atoms with Crippen LogP contribution in [0.1, 0.15) is 38.9 Å². The van der Waals surface area contributed by atoms with Crippen molar-refractivity contribution in [3.05, 3.63) is 46.6 Å². The van der Waals surface area contributed by atoms with E-state index in [1.54, 1.807) is 35.0 Å². The van der Waals surface area contributed by atoms with Crippen molar-refractivity contribution in [1.82, 2.24) is 14.3 Å². The van der Waals surface area contributed by atoms with Gasteiger partial charge in [-0.1, -0.05) is 32.9 Å². The van der Waals surface area contributed by atoms with Gasteiger partial charge < -0.3 is 9.73 Å². The van der Waals surface area contributed by atoms with Gasteiger partial charge in [0.05, 0.1) is 28.8 Å². The van der Waals surface area contributed by atoms with E-state index in [1.807, 2.05) is 20.8 Å². The number of rotatable bonds is 4. The van der Waals surface area contributed by atoms with Crippen molar-refractivity contribution >= 4 is 32.7 Å². The molecule has 1 aliphatic rings. The van der Waals surface area contributed by atoms with Gasteiger partial charge in [-0.25, -0.2) is 17.9 Å². The minimum absolute atomic E-state index is 0.00698. The van der Waals surface area contributed by atoms with Gasteiger partial charge >= 0.3 is 5.76 Å². The highest BCUT2D eigenvalue weighted by molar-refractivity contribution is 7.91. The van der Waals surface area contributed by atoms with E-state index in [2.05, 4.69) is 10.4 Å². The summed E-state index contributed by atoms with van der Waals surface area (Å²) in [6, 6.07) is 8.31. The van der Waals surface area contributed by atoms with E-state index in [4.69, 9.17) is 4.42 Å². The zero-order chi connectivity index (χ0) is 21.7. The van der Waals surface area contributed by atoms with Crippen LogP contribution in [0.4, 0.5) is 5.82 Å². The standard InChI is InChI=1S/C20H24N4O5S/c1-20(2,3)16-10-17(24(22-16)13-8-9-30(27,28)12-13)21-18(25)11-23-14-6-4-5-7-15(14)29-19(23)26/h4-7,10,13H,8-9,11-12H2,1-3H3,(H,21,25). The van der Waals surface area contributed by atoms with Gasteiger partial charge in [-0.2, -0.15) is 5.10 Å². The first kappa shape index (κ1) is 20.4. The Morgan fingerprint density at radius 3 is 2.70 bits per heavy atom. The molecule has 1 aromatic carbocycles. The lowest BCUT2D eigenvalue weighted by molar-refractivity contribution is -0.116. The van der Waals surface area contributed by atoms with Crippen LogP contribution in [0.15, 0.2) is 39.5 Å². The Morgan fingerprint density at radius 1 is 1.30 bits per heavy atom. The van der Waals surface area contributed by atoms with Crippen LogP contribution >= 0.6 is 0 Å². The van der Waals surface area contributed by atoms with E-state index >= 15 is 0 Å². The molecular weight excluding hydrogens is 408 g/mol. The number of nitrogens with one attached hydrogen (secondary N) is 1. The molecule has 0 saturated carbocycles. The fourth-order valence-corrected chi connectivity index (χ4v) is 5.28. The van der Waals surface area contributed by atoms with E-state index in [0.29, 0.717) is 23.3 Å². The predicted octanol–water partition coefficient (Wildman–Crippen LogP) is 2.09. The Morgan fingerprint density at radius 2 is 2.03 bits per heavy atom. The lowest BCUT2D eigenvalue weighted by Gasteiger charge is -2.15. The molecule has 1 aliphatic heterocycles. The van der Waals surface area contributed by atoms with Crippen molar-refractivity contribution < 1.29 is 17.6 Å². The molecule has 1 unspecified atom stereocenters. The van der Waals surface area contributed by atoms with Crippen LogP contribution < -0.4 is 11.1 Å². The van der Waals surface area contributed by atoms with Crippen LogP contribution in [0.5, 0.6) is 0 Å². The molecule has 1 saturated heterocycles. The molecule has 0 bridgehead atoms. The maximum absolute atomic E-state index is 12.8. The van der Waals surface area contributed by atoms with Crippen LogP contribution in [0.3, 0.4) is 0 Å². The Hall–Kier alpha value is -2.88. The molecule has 0 aliphatic carbocycles. The molecule has 9 nitrogen and oxygen atoms in total. The van der Waals surface area contributed by atoms with Crippen LogP contribution in [0.25, 0.3) is 11.1 Å². The van der Waals surface area contributed by atoms with Gasteiger partial charge in [-0.05, 0) is 18.6 Å². The first-order chi connectivity index (χ1) is 14.0. The number of oxazole rings is 1. The molecule has 1 fully saturated rings. The first-order valence-electron chi connectivity index (χ1n) is 9.72. The number of sulfone groups is 1. The molecule has 1 atom stereocenters. The highest BCUT2D eigenvalue weighted by Gasteiger charge is 2.33. The van der Waals surface area contributed by atoms with Crippen LogP contribution in [0.2, 0.25) is 0 Å². The molecule has 1 amide bonds. The summed E-state index contributed by atoms with van der Waals surface area (Å²) in [4.78, 5) is 24.9. The lowest BCUT2D eigenvalue weighted by Crippen LogP contribution is -2.26. The topological polar surface area (TPSA) is 116 Å². The highest BCUT2D eigenvalue weighted by atomic mass is 32.2. The Balaban J connectivity index is 1.63. The van der Waals surface area contributed by atoms with Crippen molar-refractivity contribution in [2.75, 3.05) is 16.8 Å². The van der Waals surface area contributed by atoms with Gasteiger partial charge in [0.1, 0.15) is 12.4 Å². The molecule has 2 aromatic heterocycles. The average molecular weight is 433 g/mol. The summed E-state index contributed by atoms with van der Waals surface area (Å²) in [6.45, 7) is 5.75. The third-order valence-electron chi connectivity index (χ3n) is 5.20. The SMILES string of the molecule is CC(C)(C)c1cc(NC(=O)Cn2c(=O)oc3ccccc32)n(C2CCS(=O)(=O)C2)n1. The summed E-state index contributed by atoms with van der Waals surface area (Å²) in [6.07, 6.45) is 0.447. The number of nitrogens with zero attached hydrogens (tertiary/aromatic N) is 3. The molecule has 10 heteroatoms. The number of benzene rings is 1. The van der Waals surface area contributed by atoms with Crippen LogP contribution in [0, 0.1) is 0 Å². The van der Waals surface area contributed by atoms with Gasteiger partial charge in [0.2, 0.25) is 5.91 Å².